The molecule has 84 valence electrons. The van der Waals surface area contributed by atoms with Gasteiger partial charge in [0, 0.05) is 13.2 Å². The summed E-state index contributed by atoms with van der Waals surface area (Å²) in [4.78, 5) is 10.5. The summed E-state index contributed by atoms with van der Waals surface area (Å²) in [6.07, 6.45) is -3.66. The highest BCUT2D eigenvalue weighted by atomic mass is 19.3. The van der Waals surface area contributed by atoms with E-state index in [-0.39, 0.29) is 6.54 Å². The van der Waals surface area contributed by atoms with Crippen molar-refractivity contribution in [3.63, 3.8) is 0 Å². The molecular formula is C8H15F2NO3. The highest BCUT2D eigenvalue weighted by molar-refractivity contribution is 5.78. The van der Waals surface area contributed by atoms with Crippen LogP contribution in [0.5, 0.6) is 0 Å². The average Bonchev–Trinajstić information content (AvgIpc) is 2.14. The van der Waals surface area contributed by atoms with Gasteiger partial charge in [-0.2, -0.15) is 8.78 Å². The van der Waals surface area contributed by atoms with E-state index in [0.29, 0.717) is 13.2 Å². The Labute approximate surface area is 81.6 Å². The predicted octanol–water partition coefficient (Wildman–Crippen LogP) is 0.767. The lowest BCUT2D eigenvalue weighted by atomic mass is 10.5. The van der Waals surface area contributed by atoms with Crippen molar-refractivity contribution < 1.29 is 23.0 Å². The number of amides is 1. The zero-order valence-corrected chi connectivity index (χ0v) is 8.26. The molecule has 0 rings (SSSR count). The number of hydrogen-bond acceptors (Lipinski definition) is 3. The molecule has 0 spiro atoms. The Morgan fingerprint density at radius 3 is 2.14 bits per heavy atom. The normalized spacial score (nSPS) is 11.0. The largest absolute Gasteiger partial charge is 0.351 e. The summed E-state index contributed by atoms with van der Waals surface area (Å²) < 4.78 is 33.6. The molecular weight excluding hydrogens is 196 g/mol. The maximum atomic E-state index is 11.8. The molecule has 1 amide bonds. The monoisotopic (exact) mass is 211 g/mol. The summed E-state index contributed by atoms with van der Waals surface area (Å²) >= 11 is 0. The Hall–Kier alpha value is -0.750. The molecule has 6 heteroatoms. The van der Waals surface area contributed by atoms with E-state index in [4.69, 9.17) is 9.47 Å². The van der Waals surface area contributed by atoms with Crippen molar-refractivity contribution in [1.82, 2.24) is 5.32 Å². The van der Waals surface area contributed by atoms with Gasteiger partial charge in [0.05, 0.1) is 6.54 Å². The van der Waals surface area contributed by atoms with Gasteiger partial charge in [0.1, 0.15) is 0 Å². The summed E-state index contributed by atoms with van der Waals surface area (Å²) in [5.41, 5.74) is 0. The van der Waals surface area contributed by atoms with E-state index in [2.05, 4.69) is 0 Å². The van der Waals surface area contributed by atoms with Crippen molar-refractivity contribution in [2.45, 2.75) is 26.6 Å². The van der Waals surface area contributed by atoms with Gasteiger partial charge in [0.25, 0.3) is 5.91 Å². The molecule has 0 fully saturated rings. The van der Waals surface area contributed by atoms with E-state index in [9.17, 15) is 13.6 Å². The molecule has 4 nitrogen and oxygen atoms in total. The van der Waals surface area contributed by atoms with Crippen molar-refractivity contribution in [2.75, 3.05) is 19.8 Å². The first-order chi connectivity index (χ1) is 6.61. The summed E-state index contributed by atoms with van der Waals surface area (Å²) in [5, 5.41) is 2.01. The number of carbonyl (C=O) groups excluding carboxylic acids is 1. The van der Waals surface area contributed by atoms with Crippen molar-refractivity contribution in [1.29, 1.82) is 0 Å². The zero-order chi connectivity index (χ0) is 11.0. The minimum absolute atomic E-state index is 0.0646. The smallest absolute Gasteiger partial charge is 0.315 e. The molecule has 0 radical (unpaired) electrons. The molecule has 0 aromatic rings. The Bertz CT molecular complexity index is 161. The maximum Gasteiger partial charge on any atom is 0.315 e. The molecule has 0 bridgehead atoms. The van der Waals surface area contributed by atoms with Crippen molar-refractivity contribution >= 4 is 5.91 Å². The van der Waals surface area contributed by atoms with Crippen LogP contribution in [-0.4, -0.2) is 38.4 Å². The number of ether oxygens (including phenoxy) is 2. The molecule has 0 aliphatic heterocycles. The maximum absolute atomic E-state index is 11.8. The first-order valence-corrected chi connectivity index (χ1v) is 4.40. The summed E-state index contributed by atoms with van der Waals surface area (Å²) in [6.45, 7) is 4.23. The second kappa shape index (κ2) is 7.64. The second-order valence-electron chi connectivity index (χ2n) is 2.39. The van der Waals surface area contributed by atoms with Gasteiger partial charge in [-0.1, -0.05) is 0 Å². The van der Waals surface area contributed by atoms with Gasteiger partial charge in [-0.05, 0) is 13.8 Å². The van der Waals surface area contributed by atoms with Gasteiger partial charge >= 0.3 is 6.43 Å². The standard InChI is InChI=1S/C8H15F2NO3/c1-3-13-6(14-4-2)5-11-8(12)7(9)10/h6-7H,3-5H2,1-2H3,(H,11,12). The molecule has 0 saturated heterocycles. The molecule has 14 heavy (non-hydrogen) atoms. The van der Waals surface area contributed by atoms with E-state index < -0.39 is 18.6 Å². The van der Waals surface area contributed by atoms with Gasteiger partial charge in [0.2, 0.25) is 0 Å². The molecule has 0 saturated carbocycles. The van der Waals surface area contributed by atoms with Crippen LogP contribution >= 0.6 is 0 Å². The lowest BCUT2D eigenvalue weighted by Gasteiger charge is -2.17. The topological polar surface area (TPSA) is 47.6 Å². The molecule has 0 aromatic heterocycles. The van der Waals surface area contributed by atoms with Gasteiger partial charge in [-0.3, -0.25) is 4.79 Å². The van der Waals surface area contributed by atoms with Gasteiger partial charge < -0.3 is 14.8 Å². The third kappa shape index (κ3) is 5.82. The van der Waals surface area contributed by atoms with Crippen LogP contribution < -0.4 is 5.32 Å². The Morgan fingerprint density at radius 1 is 1.29 bits per heavy atom. The molecule has 0 aliphatic carbocycles. The highest BCUT2D eigenvalue weighted by Gasteiger charge is 2.16. The first kappa shape index (κ1) is 13.2. The van der Waals surface area contributed by atoms with Crippen LogP contribution in [-0.2, 0) is 14.3 Å². The summed E-state index contributed by atoms with van der Waals surface area (Å²) in [7, 11) is 0. The third-order valence-corrected chi connectivity index (χ3v) is 1.35. The van der Waals surface area contributed by atoms with Crippen LogP contribution in [0.2, 0.25) is 0 Å². The number of halogens is 2. The van der Waals surface area contributed by atoms with E-state index in [1.165, 1.54) is 0 Å². The van der Waals surface area contributed by atoms with Crippen LogP contribution in [0, 0.1) is 0 Å². The van der Waals surface area contributed by atoms with Crippen LogP contribution in [0.15, 0.2) is 0 Å². The van der Waals surface area contributed by atoms with Crippen molar-refractivity contribution in [3.05, 3.63) is 0 Å². The minimum Gasteiger partial charge on any atom is -0.351 e. The Balaban J connectivity index is 3.74. The van der Waals surface area contributed by atoms with Crippen molar-refractivity contribution in [3.8, 4) is 0 Å². The molecule has 0 unspecified atom stereocenters. The summed E-state index contributed by atoms with van der Waals surface area (Å²) in [6, 6.07) is 0. The fraction of sp³-hybridized carbons (Fsp3) is 0.875. The minimum atomic E-state index is -3.00. The highest BCUT2D eigenvalue weighted by Crippen LogP contribution is 1.95. The number of carbonyl (C=O) groups is 1. The van der Waals surface area contributed by atoms with Crippen LogP contribution in [0.3, 0.4) is 0 Å². The average molecular weight is 211 g/mol. The Kier molecular flexibility index (Phi) is 7.23. The van der Waals surface area contributed by atoms with Crippen LogP contribution in [0.1, 0.15) is 13.8 Å². The number of rotatable bonds is 7. The molecule has 1 N–H and O–H groups in total. The van der Waals surface area contributed by atoms with E-state index >= 15 is 0 Å². The fourth-order valence-electron chi connectivity index (χ4n) is 0.799. The number of nitrogens with one attached hydrogen (secondary N) is 1. The van der Waals surface area contributed by atoms with E-state index in [1.807, 2.05) is 5.32 Å². The number of hydrogen-bond donors (Lipinski definition) is 1. The van der Waals surface area contributed by atoms with Gasteiger partial charge in [-0.15, -0.1) is 0 Å². The second-order valence-corrected chi connectivity index (χ2v) is 2.39. The van der Waals surface area contributed by atoms with Crippen LogP contribution in [0.4, 0.5) is 8.78 Å². The first-order valence-electron chi connectivity index (χ1n) is 4.40. The van der Waals surface area contributed by atoms with E-state index in [1.54, 1.807) is 13.8 Å². The fourth-order valence-corrected chi connectivity index (χ4v) is 0.799. The van der Waals surface area contributed by atoms with Gasteiger partial charge in [0.15, 0.2) is 6.29 Å². The van der Waals surface area contributed by atoms with Crippen molar-refractivity contribution in [2.24, 2.45) is 0 Å². The lowest BCUT2D eigenvalue weighted by Crippen LogP contribution is -2.38. The molecule has 0 aliphatic rings. The summed E-state index contributed by atoms with van der Waals surface area (Å²) in [5.74, 6) is -1.31. The SMILES string of the molecule is CCOC(CNC(=O)C(F)F)OCC. The van der Waals surface area contributed by atoms with E-state index in [0.717, 1.165) is 0 Å². The Morgan fingerprint density at radius 2 is 1.79 bits per heavy atom. The molecule has 0 atom stereocenters. The molecule has 0 aromatic carbocycles. The number of alkyl halides is 2. The van der Waals surface area contributed by atoms with Gasteiger partial charge in [-0.25, -0.2) is 0 Å². The van der Waals surface area contributed by atoms with Crippen LogP contribution in [0.25, 0.3) is 0 Å². The quantitative estimate of drug-likeness (QED) is 0.633. The zero-order valence-electron chi connectivity index (χ0n) is 8.26. The molecule has 0 heterocycles. The third-order valence-electron chi connectivity index (χ3n) is 1.35. The lowest BCUT2D eigenvalue weighted by molar-refractivity contribution is -0.145. The predicted molar refractivity (Wildman–Crippen MR) is 46.1 cm³/mol.